The molecule has 1 nitrogen and oxygen atoms in total. The molecule has 1 N–H and O–H groups in total. The van der Waals surface area contributed by atoms with E-state index in [9.17, 15) is 0 Å². The Bertz CT molecular complexity index is 382. The van der Waals surface area contributed by atoms with E-state index in [-0.39, 0.29) is 0 Å². The third-order valence-corrected chi connectivity index (χ3v) is 6.71. The van der Waals surface area contributed by atoms with Crippen LogP contribution in [0.1, 0.15) is 57.2 Å². The Morgan fingerprint density at radius 2 is 2.11 bits per heavy atom. The topological polar surface area (TPSA) is 12.0 Å². The fourth-order valence-corrected chi connectivity index (χ4v) is 5.07. The zero-order chi connectivity index (χ0) is 13.7. The monoisotopic (exact) mass is 343 g/mol. The zero-order valence-corrected chi connectivity index (χ0v) is 14.6. The van der Waals surface area contributed by atoms with Gasteiger partial charge >= 0.3 is 0 Å². The van der Waals surface area contributed by atoms with E-state index in [2.05, 4.69) is 46.5 Å². The predicted molar refractivity (Wildman–Crippen MR) is 89.0 cm³/mol. The van der Waals surface area contributed by atoms with Gasteiger partial charge < -0.3 is 5.32 Å². The average Bonchev–Trinajstić information content (AvgIpc) is 3.04. The molecule has 3 heteroatoms. The Labute approximate surface area is 130 Å². The molecule has 0 spiro atoms. The molecule has 1 aliphatic carbocycles. The minimum Gasteiger partial charge on any atom is -0.313 e. The summed E-state index contributed by atoms with van der Waals surface area (Å²) < 4.78 is 1.30. The maximum atomic E-state index is 3.85. The van der Waals surface area contributed by atoms with Crippen molar-refractivity contribution in [1.82, 2.24) is 5.32 Å². The van der Waals surface area contributed by atoms with Crippen LogP contribution in [0.15, 0.2) is 15.9 Å². The smallest absolute Gasteiger partial charge is 0.0314 e. The lowest BCUT2D eigenvalue weighted by atomic mass is 9.74. The van der Waals surface area contributed by atoms with Crippen LogP contribution in [0.25, 0.3) is 0 Å². The van der Waals surface area contributed by atoms with Gasteiger partial charge in [-0.1, -0.05) is 26.7 Å². The third-order valence-electron chi connectivity index (χ3n) is 4.76. The first kappa shape index (κ1) is 15.5. The Balaban J connectivity index is 2.12. The van der Waals surface area contributed by atoms with Crippen molar-refractivity contribution in [2.45, 2.75) is 64.8 Å². The molecule has 0 aromatic carbocycles. The van der Waals surface area contributed by atoms with E-state index in [1.165, 1.54) is 54.3 Å². The highest BCUT2D eigenvalue weighted by Crippen LogP contribution is 2.45. The lowest BCUT2D eigenvalue weighted by molar-refractivity contribution is 0.185. The molecule has 0 bridgehead atoms. The second kappa shape index (κ2) is 7.24. The first-order chi connectivity index (χ1) is 9.22. The molecule has 1 fully saturated rings. The SMILES string of the molecule is CCCNC(Cc1sccc1Br)C1(CC)CCCC1. The van der Waals surface area contributed by atoms with E-state index in [1.54, 1.807) is 0 Å². The first-order valence-corrected chi connectivity index (χ1v) is 9.34. The number of rotatable bonds is 7. The van der Waals surface area contributed by atoms with Gasteiger partial charge in [0.2, 0.25) is 0 Å². The molecule has 2 rings (SSSR count). The van der Waals surface area contributed by atoms with Crippen LogP contribution >= 0.6 is 27.3 Å². The van der Waals surface area contributed by atoms with Crippen molar-refractivity contribution in [3.05, 3.63) is 20.8 Å². The lowest BCUT2D eigenvalue weighted by Gasteiger charge is -2.38. The van der Waals surface area contributed by atoms with Crippen LogP contribution in [0.4, 0.5) is 0 Å². The molecule has 1 unspecified atom stereocenters. The van der Waals surface area contributed by atoms with E-state index in [0.717, 1.165) is 6.54 Å². The standard InChI is InChI=1S/C16H26BrNS/c1-3-10-18-15(12-14-13(17)7-11-19-14)16(4-2)8-5-6-9-16/h7,11,15,18H,3-6,8-10,12H2,1-2H3. The molecular formula is C16H26BrNS. The van der Waals surface area contributed by atoms with Crippen LogP contribution in [0, 0.1) is 5.41 Å². The Hall–Kier alpha value is 0.140. The quantitative estimate of drug-likeness (QED) is 0.699. The molecule has 108 valence electrons. The molecule has 1 heterocycles. The van der Waals surface area contributed by atoms with E-state index < -0.39 is 0 Å². The van der Waals surface area contributed by atoms with Crippen molar-refractivity contribution in [1.29, 1.82) is 0 Å². The van der Waals surface area contributed by atoms with Gasteiger partial charge in [-0.3, -0.25) is 0 Å². The van der Waals surface area contributed by atoms with Crippen molar-refractivity contribution in [3.63, 3.8) is 0 Å². The van der Waals surface area contributed by atoms with Crippen molar-refractivity contribution < 1.29 is 0 Å². The molecule has 0 amide bonds. The highest BCUT2D eigenvalue weighted by molar-refractivity contribution is 9.10. The van der Waals surface area contributed by atoms with Gasteiger partial charge in [-0.05, 0) is 71.4 Å². The van der Waals surface area contributed by atoms with Gasteiger partial charge in [0.15, 0.2) is 0 Å². The Morgan fingerprint density at radius 3 is 2.63 bits per heavy atom. The molecule has 1 saturated carbocycles. The minimum absolute atomic E-state index is 0.540. The predicted octanol–water partition coefficient (Wildman–Crippen LogP) is 5.39. The molecule has 1 aliphatic rings. The summed E-state index contributed by atoms with van der Waals surface area (Å²) in [5.41, 5.74) is 0.540. The number of thiophene rings is 1. The number of hydrogen-bond acceptors (Lipinski definition) is 2. The first-order valence-electron chi connectivity index (χ1n) is 7.67. The van der Waals surface area contributed by atoms with Gasteiger partial charge in [0.25, 0.3) is 0 Å². The van der Waals surface area contributed by atoms with Gasteiger partial charge in [-0.25, -0.2) is 0 Å². The van der Waals surface area contributed by atoms with Gasteiger partial charge in [0.1, 0.15) is 0 Å². The van der Waals surface area contributed by atoms with Crippen molar-refractivity contribution in [3.8, 4) is 0 Å². The van der Waals surface area contributed by atoms with Crippen molar-refractivity contribution >= 4 is 27.3 Å². The van der Waals surface area contributed by atoms with Crippen LogP contribution in [-0.4, -0.2) is 12.6 Å². The highest BCUT2D eigenvalue weighted by atomic mass is 79.9. The second-order valence-electron chi connectivity index (χ2n) is 5.83. The summed E-state index contributed by atoms with van der Waals surface area (Å²) in [5.74, 6) is 0. The molecule has 1 aromatic rings. The molecule has 1 aromatic heterocycles. The number of halogens is 1. The molecule has 0 aliphatic heterocycles. The summed E-state index contributed by atoms with van der Waals surface area (Å²) in [7, 11) is 0. The summed E-state index contributed by atoms with van der Waals surface area (Å²) in [5, 5.41) is 6.05. The van der Waals surface area contributed by atoms with Crippen LogP contribution in [0.3, 0.4) is 0 Å². The van der Waals surface area contributed by atoms with Crippen LogP contribution in [0.5, 0.6) is 0 Å². The second-order valence-corrected chi connectivity index (χ2v) is 7.68. The molecular weight excluding hydrogens is 318 g/mol. The molecule has 0 saturated heterocycles. The number of hydrogen-bond donors (Lipinski definition) is 1. The maximum Gasteiger partial charge on any atom is 0.0314 e. The zero-order valence-electron chi connectivity index (χ0n) is 12.2. The van der Waals surface area contributed by atoms with Crippen LogP contribution in [-0.2, 0) is 6.42 Å². The number of nitrogens with one attached hydrogen (secondary N) is 1. The third kappa shape index (κ3) is 3.62. The van der Waals surface area contributed by atoms with Gasteiger partial charge in [0, 0.05) is 15.4 Å². The highest BCUT2D eigenvalue weighted by Gasteiger charge is 2.39. The molecule has 1 atom stereocenters. The van der Waals surface area contributed by atoms with Gasteiger partial charge in [-0.15, -0.1) is 11.3 Å². The van der Waals surface area contributed by atoms with E-state index in [0.29, 0.717) is 11.5 Å². The Morgan fingerprint density at radius 1 is 1.37 bits per heavy atom. The molecule has 19 heavy (non-hydrogen) atoms. The summed E-state index contributed by atoms with van der Waals surface area (Å²) in [6, 6.07) is 2.83. The van der Waals surface area contributed by atoms with Crippen LogP contribution < -0.4 is 5.32 Å². The Kier molecular flexibility index (Phi) is 5.91. The summed E-state index contributed by atoms with van der Waals surface area (Å²) in [6.07, 6.45) is 9.39. The average molecular weight is 344 g/mol. The van der Waals surface area contributed by atoms with E-state index in [1.807, 2.05) is 11.3 Å². The summed E-state index contributed by atoms with van der Waals surface area (Å²) in [6.45, 7) is 5.79. The van der Waals surface area contributed by atoms with E-state index in [4.69, 9.17) is 0 Å². The van der Waals surface area contributed by atoms with Gasteiger partial charge in [0.05, 0.1) is 0 Å². The molecule has 0 radical (unpaired) electrons. The van der Waals surface area contributed by atoms with Crippen molar-refractivity contribution in [2.24, 2.45) is 5.41 Å². The minimum atomic E-state index is 0.540. The van der Waals surface area contributed by atoms with Crippen LogP contribution in [0.2, 0.25) is 0 Å². The van der Waals surface area contributed by atoms with Gasteiger partial charge in [-0.2, -0.15) is 0 Å². The maximum absolute atomic E-state index is 3.85. The largest absolute Gasteiger partial charge is 0.313 e. The summed E-state index contributed by atoms with van der Waals surface area (Å²) >= 11 is 5.59. The fraction of sp³-hybridized carbons (Fsp3) is 0.750. The van der Waals surface area contributed by atoms with Crippen molar-refractivity contribution in [2.75, 3.05) is 6.54 Å². The normalized spacial score (nSPS) is 19.7. The van der Waals surface area contributed by atoms with E-state index >= 15 is 0 Å². The summed E-state index contributed by atoms with van der Waals surface area (Å²) in [4.78, 5) is 1.51. The lowest BCUT2D eigenvalue weighted by Crippen LogP contribution is -2.45. The fourth-order valence-electron chi connectivity index (χ4n) is 3.51.